The molecule has 5 nitrogen and oxygen atoms in total. The van der Waals surface area contributed by atoms with Crippen molar-refractivity contribution in [2.24, 2.45) is 0 Å². The van der Waals surface area contributed by atoms with E-state index < -0.39 is 5.82 Å². The Morgan fingerprint density at radius 3 is 2.79 bits per heavy atom. The minimum Gasteiger partial charge on any atom is -0.453 e. The molecule has 3 rings (SSSR count). The summed E-state index contributed by atoms with van der Waals surface area (Å²) < 4.78 is 20.6. The Bertz CT molecular complexity index is 719. The van der Waals surface area contributed by atoms with Crippen molar-refractivity contribution >= 4 is 6.29 Å². The molecule has 0 saturated carbocycles. The molecule has 6 heteroatoms. The van der Waals surface area contributed by atoms with E-state index in [4.69, 9.17) is 4.42 Å². The van der Waals surface area contributed by atoms with Crippen LogP contribution in [0.25, 0.3) is 17.0 Å². The number of furan rings is 1. The highest BCUT2D eigenvalue weighted by Gasteiger charge is 2.10. The van der Waals surface area contributed by atoms with E-state index in [2.05, 4.69) is 10.1 Å². The Balaban J connectivity index is 2.01. The van der Waals surface area contributed by atoms with Gasteiger partial charge in [-0.3, -0.25) is 4.79 Å². The van der Waals surface area contributed by atoms with Gasteiger partial charge in [0.05, 0.1) is 0 Å². The van der Waals surface area contributed by atoms with E-state index in [1.165, 1.54) is 29.5 Å². The summed E-state index contributed by atoms with van der Waals surface area (Å²) in [5, 5.41) is 3.86. The van der Waals surface area contributed by atoms with Crippen LogP contribution < -0.4 is 0 Å². The van der Waals surface area contributed by atoms with Crippen LogP contribution in [0.5, 0.6) is 0 Å². The van der Waals surface area contributed by atoms with Gasteiger partial charge in [-0.2, -0.15) is 5.10 Å². The monoisotopic (exact) mass is 257 g/mol. The summed E-state index contributed by atoms with van der Waals surface area (Å²) in [6, 6.07) is 7.74. The Morgan fingerprint density at radius 2 is 2.16 bits per heavy atom. The molecule has 2 heterocycles. The lowest BCUT2D eigenvalue weighted by molar-refractivity contribution is 0.110. The third-order valence-electron chi connectivity index (χ3n) is 2.64. The predicted molar refractivity (Wildman–Crippen MR) is 64.4 cm³/mol. The number of aromatic nitrogens is 3. The van der Waals surface area contributed by atoms with Crippen LogP contribution in [-0.2, 0) is 0 Å². The molecule has 0 radical (unpaired) electrons. The molecule has 0 aliphatic rings. The van der Waals surface area contributed by atoms with Crippen molar-refractivity contribution in [2.75, 3.05) is 0 Å². The average molecular weight is 257 g/mol. The Morgan fingerprint density at radius 1 is 1.26 bits per heavy atom. The fourth-order valence-corrected chi connectivity index (χ4v) is 1.75. The van der Waals surface area contributed by atoms with Crippen molar-refractivity contribution in [1.29, 1.82) is 0 Å². The summed E-state index contributed by atoms with van der Waals surface area (Å²) in [6.07, 6.45) is 3.34. The molecule has 0 spiro atoms. The fourth-order valence-electron chi connectivity index (χ4n) is 1.75. The number of benzene rings is 1. The molecule has 19 heavy (non-hydrogen) atoms. The van der Waals surface area contributed by atoms with E-state index in [-0.39, 0.29) is 5.76 Å². The molecule has 0 saturated heterocycles. The quantitative estimate of drug-likeness (QED) is 0.676. The molecule has 0 N–H and O–H groups in total. The number of nitrogens with zero attached hydrogens (tertiary/aromatic N) is 3. The van der Waals surface area contributed by atoms with Crippen molar-refractivity contribution in [2.45, 2.75) is 0 Å². The standard InChI is InChI=1S/C13H8FN3O2/c14-11-5-9(13-4-2-10(6-18)19-13)1-3-12(11)17-8-15-7-16-17/h1-8H. The molecule has 1 aromatic carbocycles. The predicted octanol–water partition coefficient (Wildman–Crippen LogP) is 2.48. The maximum atomic E-state index is 14.0. The zero-order valence-electron chi connectivity index (χ0n) is 9.65. The lowest BCUT2D eigenvalue weighted by Crippen LogP contribution is -1.98. The number of carbonyl (C=O) groups excluding carboxylic acids is 1. The second-order valence-electron chi connectivity index (χ2n) is 3.83. The van der Waals surface area contributed by atoms with Gasteiger partial charge in [-0.1, -0.05) is 0 Å². The Labute approximate surface area is 107 Å². The molecular formula is C13H8FN3O2. The van der Waals surface area contributed by atoms with Crippen molar-refractivity contribution in [3.63, 3.8) is 0 Å². The normalized spacial score (nSPS) is 10.6. The summed E-state index contributed by atoms with van der Waals surface area (Å²) in [5.74, 6) is 0.189. The van der Waals surface area contributed by atoms with Crippen LogP contribution in [0.3, 0.4) is 0 Å². The van der Waals surface area contributed by atoms with Gasteiger partial charge < -0.3 is 4.42 Å². The molecule has 0 unspecified atom stereocenters. The molecule has 0 amide bonds. The molecule has 0 aliphatic carbocycles. The van der Waals surface area contributed by atoms with Gasteiger partial charge in [-0.15, -0.1) is 0 Å². The molecule has 94 valence electrons. The third-order valence-corrected chi connectivity index (χ3v) is 2.64. The van der Waals surface area contributed by atoms with Gasteiger partial charge in [0, 0.05) is 5.56 Å². The first-order chi connectivity index (χ1) is 9.28. The molecule has 2 aromatic heterocycles. The maximum absolute atomic E-state index is 14.0. The highest BCUT2D eigenvalue weighted by atomic mass is 19.1. The van der Waals surface area contributed by atoms with Crippen molar-refractivity contribution in [1.82, 2.24) is 14.8 Å². The van der Waals surface area contributed by atoms with E-state index in [9.17, 15) is 9.18 Å². The molecule has 0 atom stereocenters. The van der Waals surface area contributed by atoms with Gasteiger partial charge in [0.15, 0.2) is 12.0 Å². The summed E-state index contributed by atoms with van der Waals surface area (Å²) in [5.41, 5.74) is 0.845. The van der Waals surface area contributed by atoms with Gasteiger partial charge in [-0.05, 0) is 30.3 Å². The SMILES string of the molecule is O=Cc1ccc(-c2ccc(-n3cncn3)c(F)c2)o1. The molecule has 3 aromatic rings. The van der Waals surface area contributed by atoms with E-state index in [1.807, 2.05) is 0 Å². The molecule has 0 bridgehead atoms. The second kappa shape index (κ2) is 4.49. The second-order valence-corrected chi connectivity index (χ2v) is 3.83. The lowest BCUT2D eigenvalue weighted by atomic mass is 10.1. The Hall–Kier alpha value is -2.76. The minimum atomic E-state index is -0.452. The van der Waals surface area contributed by atoms with E-state index >= 15 is 0 Å². The van der Waals surface area contributed by atoms with E-state index in [0.29, 0.717) is 23.3 Å². The number of rotatable bonds is 3. The van der Waals surface area contributed by atoms with Crippen LogP contribution in [0.15, 0.2) is 47.4 Å². The van der Waals surface area contributed by atoms with Crippen molar-refractivity contribution < 1.29 is 13.6 Å². The third kappa shape index (κ3) is 2.03. The first kappa shape index (κ1) is 11.3. The van der Waals surface area contributed by atoms with E-state index in [1.54, 1.807) is 18.2 Å². The average Bonchev–Trinajstić information content (AvgIpc) is 3.10. The molecule has 0 fully saturated rings. The smallest absolute Gasteiger partial charge is 0.185 e. The van der Waals surface area contributed by atoms with Crippen LogP contribution >= 0.6 is 0 Å². The number of carbonyl (C=O) groups is 1. The fraction of sp³-hybridized carbons (Fsp3) is 0. The maximum Gasteiger partial charge on any atom is 0.185 e. The summed E-state index contributed by atoms with van der Waals surface area (Å²) in [7, 11) is 0. The highest BCUT2D eigenvalue weighted by molar-refractivity contribution is 5.73. The topological polar surface area (TPSA) is 60.9 Å². The van der Waals surface area contributed by atoms with Gasteiger partial charge in [0.2, 0.25) is 0 Å². The summed E-state index contributed by atoms with van der Waals surface area (Å²) in [6.45, 7) is 0. The van der Waals surface area contributed by atoms with Gasteiger partial charge in [-0.25, -0.2) is 14.1 Å². The summed E-state index contributed by atoms with van der Waals surface area (Å²) >= 11 is 0. The zero-order chi connectivity index (χ0) is 13.2. The van der Waals surface area contributed by atoms with Crippen molar-refractivity contribution in [3.8, 4) is 17.0 Å². The van der Waals surface area contributed by atoms with Gasteiger partial charge in [0.25, 0.3) is 0 Å². The molecule has 0 aliphatic heterocycles. The minimum absolute atomic E-state index is 0.204. The van der Waals surface area contributed by atoms with E-state index in [0.717, 1.165) is 0 Å². The number of halogens is 1. The number of aldehydes is 1. The van der Waals surface area contributed by atoms with Crippen LogP contribution in [0, 0.1) is 5.82 Å². The largest absolute Gasteiger partial charge is 0.453 e. The van der Waals surface area contributed by atoms with Gasteiger partial charge >= 0.3 is 0 Å². The van der Waals surface area contributed by atoms with Crippen LogP contribution in [0.1, 0.15) is 10.6 Å². The summed E-state index contributed by atoms with van der Waals surface area (Å²) in [4.78, 5) is 14.3. The number of hydrogen-bond acceptors (Lipinski definition) is 4. The Kier molecular flexibility index (Phi) is 2.68. The van der Waals surface area contributed by atoms with Gasteiger partial charge in [0.1, 0.15) is 29.9 Å². The zero-order valence-corrected chi connectivity index (χ0v) is 9.65. The van der Waals surface area contributed by atoms with Crippen molar-refractivity contribution in [3.05, 3.63) is 54.6 Å². The molecular weight excluding hydrogens is 249 g/mol. The first-order valence-electron chi connectivity index (χ1n) is 5.48. The highest BCUT2D eigenvalue weighted by Crippen LogP contribution is 2.24. The van der Waals surface area contributed by atoms with Crippen LogP contribution in [0.4, 0.5) is 4.39 Å². The van der Waals surface area contributed by atoms with Crippen LogP contribution in [0.2, 0.25) is 0 Å². The lowest BCUT2D eigenvalue weighted by Gasteiger charge is -2.04. The number of hydrogen-bond donors (Lipinski definition) is 0. The van der Waals surface area contributed by atoms with Crippen LogP contribution in [-0.4, -0.2) is 21.1 Å². The first-order valence-corrected chi connectivity index (χ1v) is 5.48.